The zero-order chi connectivity index (χ0) is 22.1. The van der Waals surface area contributed by atoms with Crippen LogP contribution >= 0.6 is 23.4 Å². The largest absolute Gasteiger partial charge is 0.495 e. The third-order valence-corrected chi connectivity index (χ3v) is 7.07. The summed E-state index contributed by atoms with van der Waals surface area (Å²) in [7, 11) is 1.58. The van der Waals surface area contributed by atoms with Crippen LogP contribution in [0.1, 0.15) is 11.6 Å². The number of carbonyl (C=O) groups is 1. The Morgan fingerprint density at radius 3 is 2.69 bits per heavy atom. The second-order valence-electron chi connectivity index (χ2n) is 7.48. The van der Waals surface area contributed by atoms with Gasteiger partial charge in [-0.25, -0.2) is 4.68 Å². The van der Waals surface area contributed by atoms with Gasteiger partial charge < -0.3 is 19.8 Å². The van der Waals surface area contributed by atoms with Crippen molar-refractivity contribution >= 4 is 29.3 Å². The van der Waals surface area contributed by atoms with Crippen LogP contribution in [-0.4, -0.2) is 64.3 Å². The van der Waals surface area contributed by atoms with E-state index in [4.69, 9.17) is 21.1 Å². The normalized spacial score (nSPS) is 20.4. The summed E-state index contributed by atoms with van der Waals surface area (Å²) in [5, 5.41) is 9.45. The standard InChI is InChI=1S/C22H22ClN5O3S/c1-30-17-8-7-15(13-16(17)23)18-19(21(29)27-9-11-31-12-10-27)32-22-25-24-20(28(22)26-18)14-5-3-2-4-6-14/h2-8,13,18-19,26H,9-12H2,1H3/t18-,19-/m0/s1. The van der Waals surface area contributed by atoms with Crippen molar-refractivity contribution < 1.29 is 14.3 Å². The average Bonchev–Trinajstić information content (AvgIpc) is 3.27. The molecule has 2 atom stereocenters. The lowest BCUT2D eigenvalue weighted by atomic mass is 10.0. The highest BCUT2D eigenvalue weighted by Crippen LogP contribution is 2.40. The molecule has 2 aromatic carbocycles. The number of amides is 1. The van der Waals surface area contributed by atoms with Crippen molar-refractivity contribution in [3.05, 3.63) is 59.1 Å². The quantitative estimate of drug-likeness (QED) is 0.625. The number of methoxy groups -OCH3 is 1. The molecule has 0 saturated carbocycles. The fourth-order valence-corrected chi connectivity index (χ4v) is 5.34. The van der Waals surface area contributed by atoms with Gasteiger partial charge in [-0.3, -0.25) is 4.79 Å². The number of rotatable bonds is 4. The van der Waals surface area contributed by atoms with Gasteiger partial charge in [0.1, 0.15) is 11.0 Å². The van der Waals surface area contributed by atoms with Crippen LogP contribution in [0.5, 0.6) is 5.75 Å². The summed E-state index contributed by atoms with van der Waals surface area (Å²) in [5.41, 5.74) is 5.30. The number of ether oxygens (including phenoxy) is 2. The maximum Gasteiger partial charge on any atom is 0.238 e. The van der Waals surface area contributed by atoms with Gasteiger partial charge in [0.15, 0.2) is 5.82 Å². The monoisotopic (exact) mass is 471 g/mol. The molecule has 0 unspecified atom stereocenters. The fraction of sp³-hybridized carbons (Fsp3) is 0.318. The molecule has 166 valence electrons. The second kappa shape index (κ2) is 9.01. The van der Waals surface area contributed by atoms with Gasteiger partial charge in [0.2, 0.25) is 11.1 Å². The molecule has 1 fully saturated rings. The number of halogens is 1. The number of nitrogens with one attached hydrogen (secondary N) is 1. The molecular weight excluding hydrogens is 450 g/mol. The van der Waals surface area contributed by atoms with Gasteiger partial charge in [0.05, 0.1) is 31.4 Å². The topological polar surface area (TPSA) is 81.5 Å². The Morgan fingerprint density at radius 2 is 1.97 bits per heavy atom. The first kappa shape index (κ1) is 21.1. The number of benzene rings is 2. The van der Waals surface area contributed by atoms with E-state index in [1.54, 1.807) is 7.11 Å². The summed E-state index contributed by atoms with van der Waals surface area (Å²) in [6, 6.07) is 15.1. The summed E-state index contributed by atoms with van der Waals surface area (Å²) < 4.78 is 12.6. The van der Waals surface area contributed by atoms with E-state index in [-0.39, 0.29) is 11.9 Å². The highest BCUT2D eigenvalue weighted by molar-refractivity contribution is 8.00. The third-order valence-electron chi connectivity index (χ3n) is 5.57. The van der Waals surface area contributed by atoms with Crippen LogP contribution in [0.25, 0.3) is 11.4 Å². The Bertz CT molecular complexity index is 1120. The first-order valence-corrected chi connectivity index (χ1v) is 11.6. The second-order valence-corrected chi connectivity index (χ2v) is 9.00. The highest BCUT2D eigenvalue weighted by atomic mass is 35.5. The Kier molecular flexibility index (Phi) is 5.95. The molecule has 0 spiro atoms. The summed E-state index contributed by atoms with van der Waals surface area (Å²) in [6.07, 6.45) is 0. The number of nitrogens with zero attached hydrogens (tertiary/aromatic N) is 4. The molecule has 0 bridgehead atoms. The summed E-state index contributed by atoms with van der Waals surface area (Å²) in [6.45, 7) is 2.25. The van der Waals surface area contributed by atoms with Crippen molar-refractivity contribution in [2.75, 3.05) is 38.8 Å². The van der Waals surface area contributed by atoms with Gasteiger partial charge in [0.25, 0.3) is 0 Å². The van der Waals surface area contributed by atoms with E-state index in [0.717, 1.165) is 11.1 Å². The summed E-state index contributed by atoms with van der Waals surface area (Å²) >= 11 is 7.84. The lowest BCUT2D eigenvalue weighted by Crippen LogP contribution is -2.49. The van der Waals surface area contributed by atoms with Crippen LogP contribution in [0.15, 0.2) is 53.7 Å². The molecule has 0 radical (unpaired) electrons. The predicted octanol–water partition coefficient (Wildman–Crippen LogP) is 3.23. The van der Waals surface area contributed by atoms with Gasteiger partial charge in [-0.05, 0) is 17.7 Å². The predicted molar refractivity (Wildman–Crippen MR) is 123 cm³/mol. The van der Waals surface area contributed by atoms with Crippen molar-refractivity contribution in [3.8, 4) is 17.1 Å². The van der Waals surface area contributed by atoms with E-state index in [9.17, 15) is 4.79 Å². The Morgan fingerprint density at radius 1 is 1.19 bits per heavy atom. The number of aromatic nitrogens is 3. The smallest absolute Gasteiger partial charge is 0.238 e. The Hall–Kier alpha value is -2.75. The third kappa shape index (κ3) is 3.92. The number of fused-ring (bicyclic) bond motifs is 1. The number of morpholine rings is 1. The van der Waals surface area contributed by atoms with E-state index in [2.05, 4.69) is 15.6 Å². The molecule has 32 heavy (non-hydrogen) atoms. The maximum absolute atomic E-state index is 13.5. The number of hydrogen-bond acceptors (Lipinski definition) is 7. The molecule has 2 aliphatic heterocycles. The zero-order valence-corrected chi connectivity index (χ0v) is 19.0. The van der Waals surface area contributed by atoms with Crippen LogP contribution in [0.3, 0.4) is 0 Å². The van der Waals surface area contributed by atoms with Gasteiger partial charge in [-0.1, -0.05) is 59.8 Å². The van der Waals surface area contributed by atoms with E-state index >= 15 is 0 Å². The minimum absolute atomic E-state index is 0.0400. The molecule has 1 amide bonds. The molecule has 3 heterocycles. The summed E-state index contributed by atoms with van der Waals surface area (Å²) in [4.78, 5) is 15.4. The molecule has 10 heteroatoms. The average molecular weight is 472 g/mol. The van der Waals surface area contributed by atoms with Gasteiger partial charge in [0, 0.05) is 18.7 Å². The number of thioether (sulfide) groups is 1. The molecule has 0 aliphatic carbocycles. The van der Waals surface area contributed by atoms with Crippen LogP contribution in [-0.2, 0) is 9.53 Å². The maximum atomic E-state index is 13.5. The first-order chi connectivity index (χ1) is 15.7. The van der Waals surface area contributed by atoms with E-state index in [1.807, 2.05) is 58.1 Å². The van der Waals surface area contributed by atoms with E-state index in [1.165, 1.54) is 11.8 Å². The van der Waals surface area contributed by atoms with Crippen molar-refractivity contribution in [1.82, 2.24) is 19.8 Å². The fourth-order valence-electron chi connectivity index (χ4n) is 3.91. The van der Waals surface area contributed by atoms with Crippen molar-refractivity contribution in [3.63, 3.8) is 0 Å². The molecule has 1 N–H and O–H groups in total. The molecule has 3 aromatic rings. The van der Waals surface area contributed by atoms with Crippen molar-refractivity contribution in [1.29, 1.82) is 0 Å². The zero-order valence-electron chi connectivity index (χ0n) is 17.4. The van der Waals surface area contributed by atoms with Gasteiger partial charge >= 0.3 is 0 Å². The van der Waals surface area contributed by atoms with Gasteiger partial charge in [-0.2, -0.15) is 0 Å². The molecular formula is C22H22ClN5O3S. The van der Waals surface area contributed by atoms with E-state index < -0.39 is 5.25 Å². The van der Waals surface area contributed by atoms with Crippen LogP contribution in [0.4, 0.5) is 0 Å². The Labute approximate surface area is 194 Å². The SMILES string of the molecule is COc1ccc([C@@H]2Nn3c(nnc3-c3ccccc3)S[C@@H]2C(=O)N2CCOCC2)cc1Cl. The van der Waals surface area contributed by atoms with Crippen molar-refractivity contribution in [2.24, 2.45) is 0 Å². The molecule has 8 nitrogen and oxygen atoms in total. The lowest BCUT2D eigenvalue weighted by molar-refractivity contribution is -0.135. The van der Waals surface area contributed by atoms with Crippen molar-refractivity contribution in [2.45, 2.75) is 16.4 Å². The lowest BCUT2D eigenvalue weighted by Gasteiger charge is -2.37. The molecule has 2 aliphatic rings. The highest BCUT2D eigenvalue weighted by Gasteiger charge is 2.40. The number of hydrogen-bond donors (Lipinski definition) is 1. The number of carbonyl (C=O) groups excluding carboxylic acids is 1. The van der Waals surface area contributed by atoms with Crippen LogP contribution in [0.2, 0.25) is 5.02 Å². The van der Waals surface area contributed by atoms with Crippen LogP contribution < -0.4 is 10.2 Å². The van der Waals surface area contributed by atoms with E-state index in [0.29, 0.717) is 48.1 Å². The molecule has 1 saturated heterocycles. The first-order valence-electron chi connectivity index (χ1n) is 10.3. The molecule has 5 rings (SSSR count). The van der Waals surface area contributed by atoms with Gasteiger partial charge in [-0.15, -0.1) is 10.2 Å². The minimum Gasteiger partial charge on any atom is -0.495 e. The minimum atomic E-state index is -0.433. The van der Waals surface area contributed by atoms with Crippen LogP contribution in [0, 0.1) is 0 Å². The Balaban J connectivity index is 1.54. The molecule has 1 aromatic heterocycles. The summed E-state index contributed by atoms with van der Waals surface area (Å²) in [5.74, 6) is 1.32.